The molecule has 0 unspecified atom stereocenters. The van der Waals surface area contributed by atoms with Gasteiger partial charge in [0.2, 0.25) is 0 Å². The first-order valence-corrected chi connectivity index (χ1v) is 7.38. The Morgan fingerprint density at radius 1 is 1.15 bits per heavy atom. The van der Waals surface area contributed by atoms with Gasteiger partial charge in [0, 0.05) is 22.9 Å². The first kappa shape index (κ1) is 14.2. The van der Waals surface area contributed by atoms with Crippen molar-refractivity contribution in [3.63, 3.8) is 0 Å². The van der Waals surface area contributed by atoms with Crippen LogP contribution in [0.5, 0.6) is 0 Å². The summed E-state index contributed by atoms with van der Waals surface area (Å²) in [6, 6.07) is 18.1. The Labute approximate surface area is 124 Å². The summed E-state index contributed by atoms with van der Waals surface area (Å²) in [6.07, 6.45) is 1.90. The zero-order valence-electron chi connectivity index (χ0n) is 11.2. The summed E-state index contributed by atoms with van der Waals surface area (Å²) in [6.45, 7) is 4.39. The fourth-order valence-corrected chi connectivity index (χ4v) is 2.63. The third-order valence-corrected chi connectivity index (χ3v) is 3.92. The number of thioether (sulfide) groups is 1. The van der Waals surface area contributed by atoms with E-state index in [0.717, 1.165) is 22.6 Å². The monoisotopic (exact) mass is 280 g/mol. The van der Waals surface area contributed by atoms with Gasteiger partial charge in [-0.2, -0.15) is 5.26 Å². The first-order valence-electron chi connectivity index (χ1n) is 6.39. The normalized spacial score (nSPS) is 9.75. The van der Waals surface area contributed by atoms with Crippen LogP contribution < -0.4 is 5.32 Å². The number of benzene rings is 2. The molecular weight excluding hydrogens is 264 g/mol. The molecule has 0 spiro atoms. The van der Waals surface area contributed by atoms with Gasteiger partial charge in [-0.15, -0.1) is 18.3 Å². The number of rotatable bonds is 6. The van der Waals surface area contributed by atoms with Gasteiger partial charge in [0.1, 0.15) is 0 Å². The van der Waals surface area contributed by atoms with Crippen LogP contribution in [0.15, 0.2) is 66.1 Å². The van der Waals surface area contributed by atoms with E-state index in [1.165, 1.54) is 4.90 Å². The largest absolute Gasteiger partial charge is 0.380 e. The molecule has 0 fully saturated rings. The third-order valence-electron chi connectivity index (χ3n) is 2.85. The molecule has 0 bridgehead atoms. The lowest BCUT2D eigenvalue weighted by Crippen LogP contribution is -2.02. The summed E-state index contributed by atoms with van der Waals surface area (Å²) < 4.78 is 0. The van der Waals surface area contributed by atoms with Crippen molar-refractivity contribution in [1.29, 1.82) is 5.26 Å². The topological polar surface area (TPSA) is 35.8 Å². The van der Waals surface area contributed by atoms with Gasteiger partial charge < -0.3 is 5.32 Å². The second-order valence-corrected chi connectivity index (χ2v) is 5.28. The second kappa shape index (κ2) is 7.42. The Morgan fingerprint density at radius 3 is 2.70 bits per heavy atom. The molecule has 2 aromatic rings. The molecule has 0 heterocycles. The van der Waals surface area contributed by atoms with Gasteiger partial charge in [-0.3, -0.25) is 0 Å². The summed E-state index contributed by atoms with van der Waals surface area (Å²) in [7, 11) is 0. The molecule has 2 aromatic carbocycles. The Bertz CT molecular complexity index is 629. The molecule has 0 amide bonds. The van der Waals surface area contributed by atoms with E-state index in [9.17, 15) is 0 Å². The molecule has 100 valence electrons. The fraction of sp³-hybridized carbons (Fsp3) is 0.118. The lowest BCUT2D eigenvalue weighted by molar-refractivity contribution is 1.12. The van der Waals surface area contributed by atoms with E-state index in [4.69, 9.17) is 5.26 Å². The van der Waals surface area contributed by atoms with Crippen LogP contribution in [-0.2, 0) is 6.54 Å². The van der Waals surface area contributed by atoms with Crippen molar-refractivity contribution < 1.29 is 0 Å². The van der Waals surface area contributed by atoms with Crippen LogP contribution in [0.4, 0.5) is 5.69 Å². The standard InChI is InChI=1S/C17H16N2S/c1-2-11-20-17-10-6-5-9-16(17)19-13-15-8-4-3-7-14(15)12-18/h2-10,19H,1,11,13H2. The van der Waals surface area contributed by atoms with Crippen molar-refractivity contribution in [2.24, 2.45) is 0 Å². The van der Waals surface area contributed by atoms with Crippen LogP contribution in [0.2, 0.25) is 0 Å². The molecule has 20 heavy (non-hydrogen) atoms. The highest BCUT2D eigenvalue weighted by Crippen LogP contribution is 2.27. The first-order chi connectivity index (χ1) is 9.85. The van der Waals surface area contributed by atoms with Crippen LogP contribution in [0.1, 0.15) is 11.1 Å². The van der Waals surface area contributed by atoms with Crippen LogP contribution in [0.3, 0.4) is 0 Å². The smallest absolute Gasteiger partial charge is 0.0995 e. The fourth-order valence-electron chi connectivity index (χ4n) is 1.86. The van der Waals surface area contributed by atoms with E-state index >= 15 is 0 Å². The molecule has 0 aliphatic rings. The van der Waals surface area contributed by atoms with Crippen molar-refractivity contribution in [3.8, 4) is 6.07 Å². The van der Waals surface area contributed by atoms with Gasteiger partial charge in [-0.25, -0.2) is 0 Å². The van der Waals surface area contributed by atoms with E-state index in [1.807, 2.05) is 42.5 Å². The van der Waals surface area contributed by atoms with Gasteiger partial charge in [0.15, 0.2) is 0 Å². The quantitative estimate of drug-likeness (QED) is 0.627. The third kappa shape index (κ3) is 3.66. The summed E-state index contributed by atoms with van der Waals surface area (Å²) in [5.74, 6) is 0.882. The number of anilines is 1. The van der Waals surface area contributed by atoms with Crippen LogP contribution in [0.25, 0.3) is 0 Å². The number of hydrogen-bond donors (Lipinski definition) is 1. The molecule has 0 aromatic heterocycles. The van der Waals surface area contributed by atoms with Crippen molar-refractivity contribution in [2.45, 2.75) is 11.4 Å². The molecule has 2 nitrogen and oxygen atoms in total. The van der Waals surface area contributed by atoms with Crippen LogP contribution in [-0.4, -0.2) is 5.75 Å². The van der Waals surface area contributed by atoms with Gasteiger partial charge in [-0.05, 0) is 23.8 Å². The summed E-state index contributed by atoms with van der Waals surface area (Å²) in [5, 5.41) is 12.5. The SMILES string of the molecule is C=CCSc1ccccc1NCc1ccccc1C#N. The summed E-state index contributed by atoms with van der Waals surface area (Å²) >= 11 is 1.75. The maximum Gasteiger partial charge on any atom is 0.0995 e. The molecule has 3 heteroatoms. The predicted octanol–water partition coefficient (Wildman–Crippen LogP) is 4.45. The van der Waals surface area contributed by atoms with E-state index in [2.05, 4.69) is 30.1 Å². The summed E-state index contributed by atoms with van der Waals surface area (Å²) in [4.78, 5) is 1.20. The lowest BCUT2D eigenvalue weighted by atomic mass is 10.1. The van der Waals surface area contributed by atoms with Crippen LogP contribution in [0, 0.1) is 11.3 Å². The Kier molecular flexibility index (Phi) is 5.28. The highest BCUT2D eigenvalue weighted by atomic mass is 32.2. The molecule has 0 aliphatic carbocycles. The van der Waals surface area contributed by atoms with Crippen molar-refractivity contribution in [3.05, 3.63) is 72.3 Å². The van der Waals surface area contributed by atoms with Gasteiger partial charge in [-0.1, -0.05) is 36.4 Å². The molecule has 2 rings (SSSR count). The highest BCUT2D eigenvalue weighted by Gasteiger charge is 2.04. The number of nitrogens with zero attached hydrogens (tertiary/aromatic N) is 1. The minimum absolute atomic E-state index is 0.648. The Hall–Kier alpha value is -2.18. The molecular formula is C17H16N2S. The van der Waals surface area contributed by atoms with Crippen molar-refractivity contribution in [1.82, 2.24) is 0 Å². The van der Waals surface area contributed by atoms with Gasteiger partial charge in [0.25, 0.3) is 0 Å². The maximum absolute atomic E-state index is 9.09. The Balaban J connectivity index is 2.11. The number of hydrogen-bond acceptors (Lipinski definition) is 3. The van der Waals surface area contributed by atoms with E-state index in [0.29, 0.717) is 6.54 Å². The van der Waals surface area contributed by atoms with Crippen molar-refractivity contribution in [2.75, 3.05) is 11.1 Å². The number of nitrogens with one attached hydrogen (secondary N) is 1. The van der Waals surface area contributed by atoms with E-state index in [-0.39, 0.29) is 0 Å². The zero-order valence-corrected chi connectivity index (χ0v) is 12.0. The molecule has 1 N–H and O–H groups in total. The summed E-state index contributed by atoms with van der Waals surface area (Å²) in [5.41, 5.74) is 2.82. The number of nitriles is 1. The molecule has 0 saturated heterocycles. The minimum Gasteiger partial charge on any atom is -0.380 e. The molecule has 0 aliphatic heterocycles. The van der Waals surface area contributed by atoms with Crippen LogP contribution >= 0.6 is 11.8 Å². The van der Waals surface area contributed by atoms with Crippen molar-refractivity contribution >= 4 is 17.4 Å². The number of para-hydroxylation sites is 1. The van der Waals surface area contributed by atoms with E-state index in [1.54, 1.807) is 11.8 Å². The minimum atomic E-state index is 0.648. The maximum atomic E-state index is 9.09. The van der Waals surface area contributed by atoms with Gasteiger partial charge in [0.05, 0.1) is 11.6 Å². The molecule has 0 atom stereocenters. The second-order valence-electron chi connectivity index (χ2n) is 4.22. The van der Waals surface area contributed by atoms with Gasteiger partial charge >= 0.3 is 0 Å². The average molecular weight is 280 g/mol. The Morgan fingerprint density at radius 2 is 1.90 bits per heavy atom. The highest BCUT2D eigenvalue weighted by molar-refractivity contribution is 7.99. The predicted molar refractivity (Wildman–Crippen MR) is 85.8 cm³/mol. The molecule has 0 radical (unpaired) electrons. The molecule has 0 saturated carbocycles. The zero-order chi connectivity index (χ0) is 14.2. The lowest BCUT2D eigenvalue weighted by Gasteiger charge is -2.11. The van der Waals surface area contributed by atoms with E-state index < -0.39 is 0 Å². The average Bonchev–Trinajstić information content (AvgIpc) is 2.52.